The molecule has 0 aliphatic heterocycles. The lowest BCUT2D eigenvalue weighted by Gasteiger charge is -2.14. The number of hydrogen-bond acceptors (Lipinski definition) is 4. The molecule has 0 unspecified atom stereocenters. The normalized spacial score (nSPS) is 10.9. The van der Waals surface area contributed by atoms with Crippen molar-refractivity contribution in [3.05, 3.63) is 71.9 Å². The van der Waals surface area contributed by atoms with Crippen LogP contribution in [0.15, 0.2) is 54.7 Å². The molecule has 8 heteroatoms. The van der Waals surface area contributed by atoms with Gasteiger partial charge < -0.3 is 19.4 Å². The molecule has 0 spiro atoms. The van der Waals surface area contributed by atoms with Gasteiger partial charge in [0.15, 0.2) is 23.1 Å². The molecule has 6 nitrogen and oxygen atoms in total. The zero-order valence-electron chi connectivity index (χ0n) is 18.5. The summed E-state index contributed by atoms with van der Waals surface area (Å²) < 4.78 is 41.4. The summed E-state index contributed by atoms with van der Waals surface area (Å²) in [4.78, 5) is 16.4. The van der Waals surface area contributed by atoms with E-state index in [0.29, 0.717) is 23.3 Å². The van der Waals surface area contributed by atoms with E-state index in [9.17, 15) is 13.6 Å². The van der Waals surface area contributed by atoms with Gasteiger partial charge in [-0.2, -0.15) is 0 Å². The van der Waals surface area contributed by atoms with E-state index in [0.717, 1.165) is 11.1 Å². The van der Waals surface area contributed by atoms with Crippen LogP contribution in [0, 0.1) is 11.6 Å². The zero-order valence-corrected chi connectivity index (χ0v) is 18.5. The predicted molar refractivity (Wildman–Crippen MR) is 123 cm³/mol. The Morgan fingerprint density at radius 2 is 1.76 bits per heavy atom. The van der Waals surface area contributed by atoms with Gasteiger partial charge in [-0.1, -0.05) is 19.1 Å². The van der Waals surface area contributed by atoms with Crippen molar-refractivity contribution in [2.75, 3.05) is 19.5 Å². The Labute approximate surface area is 189 Å². The van der Waals surface area contributed by atoms with Crippen LogP contribution in [0.5, 0.6) is 11.5 Å². The van der Waals surface area contributed by atoms with Crippen LogP contribution in [0.2, 0.25) is 0 Å². The van der Waals surface area contributed by atoms with Crippen LogP contribution in [0.4, 0.5) is 14.5 Å². The quantitative estimate of drug-likeness (QED) is 0.409. The second-order valence-corrected chi connectivity index (χ2v) is 7.41. The molecule has 2 aromatic carbocycles. The molecule has 0 aliphatic rings. The minimum atomic E-state index is -0.770. The number of anilines is 1. The number of fused-ring (bicyclic) bond motifs is 1. The Hall–Kier alpha value is -3.94. The third-order valence-electron chi connectivity index (χ3n) is 5.38. The number of pyridine rings is 1. The first-order valence-electron chi connectivity index (χ1n) is 10.4. The fourth-order valence-corrected chi connectivity index (χ4v) is 3.62. The van der Waals surface area contributed by atoms with E-state index in [-0.39, 0.29) is 29.5 Å². The molecule has 0 bridgehead atoms. The molecule has 33 heavy (non-hydrogen) atoms. The standard InChI is InChI=1S/C25H23F2N3O3/c1-4-23(31)28-16-7-5-6-15(12-16)18-8-9-20-19(29-18)10-11-30(20)14-17-24(26)21(32-2)13-22(33-3)25(17)27/h5-13H,4,14H2,1-3H3,(H,28,31). The van der Waals surface area contributed by atoms with Crippen LogP contribution >= 0.6 is 0 Å². The molecular formula is C25H23F2N3O3. The highest BCUT2D eigenvalue weighted by Gasteiger charge is 2.21. The Morgan fingerprint density at radius 3 is 2.42 bits per heavy atom. The molecule has 0 atom stereocenters. The van der Waals surface area contributed by atoms with Gasteiger partial charge in [0.05, 0.1) is 43.1 Å². The molecule has 0 aliphatic carbocycles. The number of carbonyl (C=O) groups is 1. The van der Waals surface area contributed by atoms with E-state index >= 15 is 0 Å². The fourth-order valence-electron chi connectivity index (χ4n) is 3.62. The van der Waals surface area contributed by atoms with E-state index in [4.69, 9.17) is 14.5 Å². The molecule has 0 fully saturated rings. The minimum absolute atomic E-state index is 0.0612. The van der Waals surface area contributed by atoms with Gasteiger partial charge in [0.2, 0.25) is 5.91 Å². The van der Waals surface area contributed by atoms with Crippen molar-refractivity contribution in [1.29, 1.82) is 0 Å². The number of hydrogen-bond donors (Lipinski definition) is 1. The summed E-state index contributed by atoms with van der Waals surface area (Å²) in [6.07, 6.45) is 2.12. The lowest BCUT2D eigenvalue weighted by atomic mass is 10.1. The van der Waals surface area contributed by atoms with Gasteiger partial charge in [-0.05, 0) is 30.3 Å². The monoisotopic (exact) mass is 451 g/mol. The van der Waals surface area contributed by atoms with Crippen molar-refractivity contribution in [2.24, 2.45) is 0 Å². The van der Waals surface area contributed by atoms with Crippen LogP contribution in [-0.4, -0.2) is 29.7 Å². The van der Waals surface area contributed by atoms with Gasteiger partial charge in [0.25, 0.3) is 0 Å². The van der Waals surface area contributed by atoms with Gasteiger partial charge in [0, 0.05) is 29.9 Å². The maximum atomic E-state index is 14.8. The number of rotatable bonds is 7. The number of nitrogens with zero attached hydrogens (tertiary/aromatic N) is 2. The average Bonchev–Trinajstić information content (AvgIpc) is 3.24. The largest absolute Gasteiger partial charge is 0.494 e. The SMILES string of the molecule is CCC(=O)Nc1cccc(-c2ccc3c(ccn3Cc3c(F)c(OC)cc(OC)c3F)n2)c1. The molecule has 1 N–H and O–H groups in total. The molecule has 170 valence electrons. The van der Waals surface area contributed by atoms with E-state index in [2.05, 4.69) is 5.32 Å². The molecule has 0 radical (unpaired) electrons. The number of nitrogens with one attached hydrogen (secondary N) is 1. The number of amides is 1. The Kier molecular flexibility index (Phi) is 6.26. The van der Waals surface area contributed by atoms with E-state index in [1.807, 2.05) is 36.4 Å². The molecule has 4 rings (SSSR count). The number of aromatic nitrogens is 2. The maximum absolute atomic E-state index is 14.8. The van der Waals surface area contributed by atoms with Crippen LogP contribution < -0.4 is 14.8 Å². The average molecular weight is 451 g/mol. The second kappa shape index (κ2) is 9.28. The van der Waals surface area contributed by atoms with Gasteiger partial charge >= 0.3 is 0 Å². The summed E-state index contributed by atoms with van der Waals surface area (Å²) in [6, 6.07) is 14.1. The minimum Gasteiger partial charge on any atom is -0.494 e. The number of carbonyl (C=O) groups excluding carboxylic acids is 1. The molecule has 0 saturated carbocycles. The summed E-state index contributed by atoms with van der Waals surface area (Å²) >= 11 is 0. The highest BCUT2D eigenvalue weighted by atomic mass is 19.1. The topological polar surface area (TPSA) is 65.4 Å². The Morgan fingerprint density at radius 1 is 1.03 bits per heavy atom. The van der Waals surface area contributed by atoms with E-state index in [1.54, 1.807) is 23.8 Å². The lowest BCUT2D eigenvalue weighted by molar-refractivity contribution is -0.115. The van der Waals surface area contributed by atoms with Gasteiger partial charge in [-0.25, -0.2) is 13.8 Å². The first kappa shape index (κ1) is 22.3. The number of ether oxygens (including phenoxy) is 2. The molecule has 0 saturated heterocycles. The molecular weight excluding hydrogens is 428 g/mol. The van der Waals surface area contributed by atoms with E-state index in [1.165, 1.54) is 20.3 Å². The third kappa shape index (κ3) is 4.37. The number of benzene rings is 2. The van der Waals surface area contributed by atoms with Crippen molar-refractivity contribution in [1.82, 2.24) is 9.55 Å². The smallest absolute Gasteiger partial charge is 0.224 e. The molecule has 4 aromatic rings. The Balaban J connectivity index is 1.68. The Bertz CT molecular complexity index is 1310. The summed E-state index contributed by atoms with van der Waals surface area (Å²) in [5, 5.41) is 2.84. The zero-order chi connectivity index (χ0) is 23.5. The van der Waals surface area contributed by atoms with Crippen molar-refractivity contribution >= 4 is 22.6 Å². The highest BCUT2D eigenvalue weighted by molar-refractivity contribution is 5.91. The third-order valence-corrected chi connectivity index (χ3v) is 5.38. The lowest BCUT2D eigenvalue weighted by Crippen LogP contribution is -2.09. The fraction of sp³-hybridized carbons (Fsp3) is 0.200. The second-order valence-electron chi connectivity index (χ2n) is 7.41. The molecule has 2 aromatic heterocycles. The summed E-state index contributed by atoms with van der Waals surface area (Å²) in [5.41, 5.74) is 3.48. The highest BCUT2D eigenvalue weighted by Crippen LogP contribution is 2.32. The summed E-state index contributed by atoms with van der Waals surface area (Å²) in [7, 11) is 2.64. The molecule has 1 amide bonds. The maximum Gasteiger partial charge on any atom is 0.224 e. The van der Waals surface area contributed by atoms with Gasteiger partial charge in [-0.15, -0.1) is 0 Å². The first-order chi connectivity index (χ1) is 15.9. The first-order valence-corrected chi connectivity index (χ1v) is 10.4. The van der Waals surface area contributed by atoms with Crippen LogP contribution in [0.25, 0.3) is 22.3 Å². The summed E-state index contributed by atoms with van der Waals surface area (Å²) in [6.45, 7) is 1.73. The van der Waals surface area contributed by atoms with Crippen molar-refractivity contribution < 1.29 is 23.0 Å². The number of halogens is 2. The van der Waals surface area contributed by atoms with Crippen molar-refractivity contribution in [3.63, 3.8) is 0 Å². The molecule has 2 heterocycles. The van der Waals surface area contributed by atoms with Crippen LogP contribution in [-0.2, 0) is 11.3 Å². The van der Waals surface area contributed by atoms with Gasteiger partial charge in [0.1, 0.15) is 0 Å². The van der Waals surface area contributed by atoms with Gasteiger partial charge in [-0.3, -0.25) is 4.79 Å². The van der Waals surface area contributed by atoms with Crippen LogP contribution in [0.1, 0.15) is 18.9 Å². The van der Waals surface area contributed by atoms with E-state index < -0.39 is 11.6 Å². The summed E-state index contributed by atoms with van der Waals surface area (Å²) in [5.74, 6) is -1.78. The van der Waals surface area contributed by atoms with Crippen molar-refractivity contribution in [2.45, 2.75) is 19.9 Å². The van der Waals surface area contributed by atoms with Crippen LogP contribution in [0.3, 0.4) is 0 Å². The number of methoxy groups -OCH3 is 2. The predicted octanol–water partition coefficient (Wildman–Crippen LogP) is 5.40. The van der Waals surface area contributed by atoms with Crippen molar-refractivity contribution in [3.8, 4) is 22.8 Å².